The van der Waals surface area contributed by atoms with Crippen LogP contribution in [0.25, 0.3) is 11.1 Å². The highest BCUT2D eigenvalue weighted by Crippen LogP contribution is 2.19. The molecule has 3 aromatic carbocycles. The molecule has 0 saturated carbocycles. The van der Waals surface area contributed by atoms with Crippen LogP contribution in [-0.4, -0.2) is 23.0 Å². The van der Waals surface area contributed by atoms with Crippen molar-refractivity contribution >= 4 is 34.8 Å². The lowest BCUT2D eigenvalue weighted by molar-refractivity contribution is 0.0942. The lowest BCUT2D eigenvalue weighted by Gasteiger charge is -2.15. The first kappa shape index (κ1) is 21.2. The van der Waals surface area contributed by atoms with Gasteiger partial charge in [0.25, 0.3) is 11.8 Å². The van der Waals surface area contributed by atoms with Crippen molar-refractivity contribution in [2.45, 2.75) is 19.9 Å². The second-order valence-corrected chi connectivity index (χ2v) is 7.43. The van der Waals surface area contributed by atoms with E-state index in [2.05, 4.69) is 16.0 Å². The maximum Gasteiger partial charge on any atom is 0.257 e. The Kier molecular flexibility index (Phi) is 6.93. The fraction of sp³-hybridized carbons (Fsp3) is 0.125. The molecule has 2 amide bonds. The molecule has 0 spiro atoms. The molecule has 0 fully saturated rings. The highest BCUT2D eigenvalue weighted by molar-refractivity contribution is 7.80. The Labute approximate surface area is 181 Å². The molecular weight excluding hydrogens is 394 g/mol. The Morgan fingerprint density at radius 1 is 0.767 bits per heavy atom. The zero-order chi connectivity index (χ0) is 21.5. The van der Waals surface area contributed by atoms with Crippen molar-refractivity contribution in [2.75, 3.05) is 5.32 Å². The summed E-state index contributed by atoms with van der Waals surface area (Å²) < 4.78 is 0. The summed E-state index contributed by atoms with van der Waals surface area (Å²) in [7, 11) is 0. The maximum atomic E-state index is 12.5. The minimum Gasteiger partial charge on any atom is -0.350 e. The minimum atomic E-state index is -0.323. The molecule has 30 heavy (non-hydrogen) atoms. The van der Waals surface area contributed by atoms with Crippen LogP contribution in [-0.2, 0) is 0 Å². The van der Waals surface area contributed by atoms with Gasteiger partial charge in [-0.05, 0) is 61.5 Å². The van der Waals surface area contributed by atoms with Gasteiger partial charge in [-0.3, -0.25) is 14.9 Å². The molecule has 0 heterocycles. The summed E-state index contributed by atoms with van der Waals surface area (Å²) in [6, 6.07) is 24.3. The molecule has 0 radical (unpaired) electrons. The predicted molar refractivity (Wildman–Crippen MR) is 125 cm³/mol. The van der Waals surface area contributed by atoms with Gasteiger partial charge in [0.2, 0.25) is 0 Å². The number of carbonyl (C=O) groups excluding carboxylic acids is 2. The fourth-order valence-corrected chi connectivity index (χ4v) is 3.11. The van der Waals surface area contributed by atoms with Crippen molar-refractivity contribution in [1.82, 2.24) is 10.6 Å². The number of rotatable bonds is 5. The first-order valence-electron chi connectivity index (χ1n) is 9.62. The van der Waals surface area contributed by atoms with E-state index < -0.39 is 0 Å². The molecule has 0 aliphatic rings. The van der Waals surface area contributed by atoms with Gasteiger partial charge in [-0.2, -0.15) is 0 Å². The second kappa shape index (κ2) is 9.80. The molecule has 0 atom stereocenters. The number of thiocarbonyl (C=S) groups is 1. The topological polar surface area (TPSA) is 70.2 Å². The largest absolute Gasteiger partial charge is 0.350 e. The molecule has 3 aromatic rings. The number of hydrogen-bond acceptors (Lipinski definition) is 3. The second-order valence-electron chi connectivity index (χ2n) is 7.03. The SMILES string of the molecule is CC(C)NC(=O)c1ccccc1NC(=S)NC(=O)c1ccc(-c2ccccc2)cc1. The summed E-state index contributed by atoms with van der Waals surface area (Å²) >= 11 is 5.27. The standard InChI is InChI=1S/C24H23N3O2S/c1-16(2)25-23(29)20-10-6-7-11-21(20)26-24(30)27-22(28)19-14-12-18(13-15-19)17-8-4-3-5-9-17/h3-16H,1-2H3,(H,25,29)(H2,26,27,28,30). The van der Waals surface area contributed by atoms with Crippen LogP contribution in [0.3, 0.4) is 0 Å². The number of nitrogens with one attached hydrogen (secondary N) is 3. The molecule has 0 bridgehead atoms. The number of benzene rings is 3. The Hall–Kier alpha value is -3.51. The van der Waals surface area contributed by atoms with Crippen LogP contribution in [0.1, 0.15) is 34.6 Å². The Bertz CT molecular complexity index is 1050. The zero-order valence-electron chi connectivity index (χ0n) is 16.8. The van der Waals surface area contributed by atoms with Crippen molar-refractivity contribution in [2.24, 2.45) is 0 Å². The van der Waals surface area contributed by atoms with Gasteiger partial charge in [-0.15, -0.1) is 0 Å². The molecule has 0 aromatic heterocycles. The highest BCUT2D eigenvalue weighted by Gasteiger charge is 2.14. The molecule has 5 nitrogen and oxygen atoms in total. The quantitative estimate of drug-likeness (QED) is 0.530. The van der Waals surface area contributed by atoms with Crippen LogP contribution in [0, 0.1) is 0 Å². The van der Waals surface area contributed by atoms with Crippen molar-refractivity contribution in [1.29, 1.82) is 0 Å². The van der Waals surface area contributed by atoms with E-state index in [1.165, 1.54) is 0 Å². The first-order valence-corrected chi connectivity index (χ1v) is 10.0. The molecular formula is C24H23N3O2S. The normalized spacial score (nSPS) is 10.4. The van der Waals surface area contributed by atoms with Gasteiger partial charge in [-0.25, -0.2) is 0 Å². The first-order chi connectivity index (χ1) is 14.4. The Morgan fingerprint density at radius 2 is 1.37 bits per heavy atom. The van der Waals surface area contributed by atoms with Crippen LogP contribution < -0.4 is 16.0 Å². The van der Waals surface area contributed by atoms with E-state index in [4.69, 9.17) is 12.2 Å². The van der Waals surface area contributed by atoms with Gasteiger partial charge in [-0.1, -0.05) is 54.6 Å². The zero-order valence-corrected chi connectivity index (χ0v) is 17.6. The summed E-state index contributed by atoms with van der Waals surface area (Å²) in [5.41, 5.74) is 3.58. The summed E-state index contributed by atoms with van der Waals surface area (Å²) in [4.78, 5) is 24.9. The lowest BCUT2D eigenvalue weighted by Crippen LogP contribution is -2.35. The van der Waals surface area contributed by atoms with Crippen molar-refractivity contribution in [3.63, 3.8) is 0 Å². The van der Waals surface area contributed by atoms with E-state index in [9.17, 15) is 9.59 Å². The van der Waals surface area contributed by atoms with Crippen LogP contribution in [0.2, 0.25) is 0 Å². The molecule has 0 saturated heterocycles. The Balaban J connectivity index is 1.66. The van der Waals surface area contributed by atoms with Crippen LogP contribution in [0.5, 0.6) is 0 Å². The highest BCUT2D eigenvalue weighted by atomic mass is 32.1. The lowest BCUT2D eigenvalue weighted by atomic mass is 10.0. The Morgan fingerprint density at radius 3 is 2.03 bits per heavy atom. The summed E-state index contributed by atoms with van der Waals surface area (Å²) in [5.74, 6) is -0.532. The van der Waals surface area contributed by atoms with Gasteiger partial charge in [0.15, 0.2) is 5.11 Å². The van der Waals surface area contributed by atoms with Crippen molar-refractivity contribution < 1.29 is 9.59 Å². The monoisotopic (exact) mass is 417 g/mol. The van der Waals surface area contributed by atoms with E-state index in [-0.39, 0.29) is 23.0 Å². The van der Waals surface area contributed by atoms with Gasteiger partial charge in [0.1, 0.15) is 0 Å². The molecule has 6 heteroatoms. The third-order valence-corrected chi connectivity index (χ3v) is 4.53. The third kappa shape index (κ3) is 5.52. The van der Waals surface area contributed by atoms with E-state index >= 15 is 0 Å². The fourth-order valence-electron chi connectivity index (χ4n) is 2.90. The molecule has 0 aliphatic heterocycles. The molecule has 3 N–H and O–H groups in total. The predicted octanol–water partition coefficient (Wildman–Crippen LogP) is 4.62. The number of amides is 2. The van der Waals surface area contributed by atoms with E-state index in [1.807, 2.05) is 56.3 Å². The van der Waals surface area contributed by atoms with Crippen molar-refractivity contribution in [3.8, 4) is 11.1 Å². The number of anilines is 1. The summed E-state index contributed by atoms with van der Waals surface area (Å²) in [6.45, 7) is 3.78. The number of carbonyl (C=O) groups is 2. The van der Waals surface area contributed by atoms with Crippen LogP contribution in [0.15, 0.2) is 78.9 Å². The van der Waals surface area contributed by atoms with Crippen LogP contribution >= 0.6 is 12.2 Å². The summed E-state index contributed by atoms with van der Waals surface area (Å²) in [6.07, 6.45) is 0. The van der Waals surface area contributed by atoms with Crippen molar-refractivity contribution in [3.05, 3.63) is 90.0 Å². The molecule has 3 rings (SSSR count). The third-order valence-electron chi connectivity index (χ3n) is 4.32. The minimum absolute atomic E-state index is 0.0102. The van der Waals surface area contributed by atoms with Gasteiger partial charge in [0, 0.05) is 11.6 Å². The van der Waals surface area contributed by atoms with Crippen LogP contribution in [0.4, 0.5) is 5.69 Å². The average Bonchev–Trinajstić information content (AvgIpc) is 2.74. The number of hydrogen-bond donors (Lipinski definition) is 3. The van der Waals surface area contributed by atoms with E-state index in [0.717, 1.165) is 11.1 Å². The summed E-state index contributed by atoms with van der Waals surface area (Å²) in [5, 5.41) is 8.57. The van der Waals surface area contributed by atoms with E-state index in [1.54, 1.807) is 36.4 Å². The molecule has 0 unspecified atom stereocenters. The smallest absolute Gasteiger partial charge is 0.257 e. The number of para-hydroxylation sites is 1. The molecule has 0 aliphatic carbocycles. The van der Waals surface area contributed by atoms with E-state index in [0.29, 0.717) is 16.8 Å². The maximum absolute atomic E-state index is 12.5. The van der Waals surface area contributed by atoms with Gasteiger partial charge < -0.3 is 10.6 Å². The molecule has 152 valence electrons. The average molecular weight is 418 g/mol. The van der Waals surface area contributed by atoms with Gasteiger partial charge >= 0.3 is 0 Å². The van der Waals surface area contributed by atoms with Gasteiger partial charge in [0.05, 0.1) is 11.3 Å².